The fraction of sp³-hybridized carbons (Fsp3) is 0.333. The molecule has 3 aromatic heterocycles. The van der Waals surface area contributed by atoms with Crippen molar-refractivity contribution in [2.24, 2.45) is 0 Å². The second-order valence-electron chi connectivity index (χ2n) is 9.57. The third-order valence-electron chi connectivity index (χ3n) is 6.62. The molecule has 0 radical (unpaired) electrons. The first kappa shape index (κ1) is 24.7. The molecule has 184 valence electrons. The molecule has 0 aliphatic heterocycles. The van der Waals surface area contributed by atoms with E-state index in [0.29, 0.717) is 28.1 Å². The van der Waals surface area contributed by atoms with Crippen molar-refractivity contribution in [1.82, 2.24) is 15.0 Å². The Hall–Kier alpha value is -3.39. The number of nitrogens with zero attached hydrogens (tertiary/aromatic N) is 2. The normalized spacial score (nSPS) is 14.2. The van der Waals surface area contributed by atoms with Gasteiger partial charge in [0, 0.05) is 47.2 Å². The Labute approximate surface area is 202 Å². The van der Waals surface area contributed by atoms with Gasteiger partial charge in [-0.15, -0.1) is 0 Å². The minimum Gasteiger partial charge on any atom is -0.496 e. The number of aromatic amines is 1. The molecule has 0 spiro atoms. The molecule has 0 fully saturated rings. The van der Waals surface area contributed by atoms with Crippen molar-refractivity contribution in [3.8, 4) is 16.9 Å². The molecule has 1 atom stereocenters. The van der Waals surface area contributed by atoms with Gasteiger partial charge in [-0.25, -0.2) is 0 Å². The number of H-pyrrole nitrogens is 1. The zero-order chi connectivity index (χ0) is 25.4. The summed E-state index contributed by atoms with van der Waals surface area (Å²) in [7, 11) is 1.48. The zero-order valence-electron chi connectivity index (χ0n) is 20.1. The van der Waals surface area contributed by atoms with Crippen LogP contribution in [0.15, 0.2) is 61.2 Å². The number of methoxy groups -OCH3 is 1. The molecular weight excluding hydrogens is 455 g/mol. The number of pyridine rings is 2. The van der Waals surface area contributed by atoms with Crippen molar-refractivity contribution < 1.29 is 23.0 Å². The predicted molar refractivity (Wildman–Crippen MR) is 129 cm³/mol. The van der Waals surface area contributed by atoms with Crippen LogP contribution in [0.5, 0.6) is 5.75 Å². The molecule has 4 rings (SSSR count). The molecule has 1 unspecified atom stereocenters. The lowest BCUT2D eigenvalue weighted by atomic mass is 9.72. The molecule has 8 heteroatoms. The molecule has 3 heterocycles. The lowest BCUT2D eigenvalue weighted by Gasteiger charge is -2.38. The van der Waals surface area contributed by atoms with Gasteiger partial charge < -0.3 is 14.8 Å². The Morgan fingerprint density at radius 2 is 1.74 bits per heavy atom. The van der Waals surface area contributed by atoms with Gasteiger partial charge in [-0.1, -0.05) is 26.0 Å². The molecule has 4 aromatic rings. The molecule has 0 saturated carbocycles. The van der Waals surface area contributed by atoms with Gasteiger partial charge in [-0.2, -0.15) is 13.2 Å². The smallest absolute Gasteiger partial charge is 0.417 e. The van der Waals surface area contributed by atoms with E-state index in [4.69, 9.17) is 4.74 Å². The number of aromatic nitrogens is 3. The minimum atomic E-state index is -4.86. The number of halogens is 3. The molecule has 5 nitrogen and oxygen atoms in total. The molecule has 0 amide bonds. The molecule has 0 aliphatic carbocycles. The van der Waals surface area contributed by atoms with Gasteiger partial charge in [0.15, 0.2) is 5.60 Å². The van der Waals surface area contributed by atoms with Crippen LogP contribution >= 0.6 is 0 Å². The number of rotatable bonds is 7. The van der Waals surface area contributed by atoms with Crippen LogP contribution in [0.2, 0.25) is 0 Å². The average Bonchev–Trinajstić information content (AvgIpc) is 3.13. The van der Waals surface area contributed by atoms with Gasteiger partial charge in [0.2, 0.25) is 0 Å². The molecule has 0 bridgehead atoms. The topological polar surface area (TPSA) is 71.0 Å². The Balaban J connectivity index is 1.75. The van der Waals surface area contributed by atoms with E-state index >= 15 is 0 Å². The second kappa shape index (κ2) is 9.00. The van der Waals surface area contributed by atoms with Crippen molar-refractivity contribution in [3.63, 3.8) is 0 Å². The quantitative estimate of drug-likeness (QED) is 0.331. The average molecular weight is 484 g/mol. The fourth-order valence-corrected chi connectivity index (χ4v) is 4.75. The predicted octanol–water partition coefficient (Wildman–Crippen LogP) is 6.15. The van der Waals surface area contributed by atoms with Crippen molar-refractivity contribution in [2.75, 3.05) is 7.11 Å². The van der Waals surface area contributed by atoms with Gasteiger partial charge in [-0.05, 0) is 54.2 Å². The summed E-state index contributed by atoms with van der Waals surface area (Å²) < 4.78 is 48.8. The lowest BCUT2D eigenvalue weighted by molar-refractivity contribution is -0.266. The van der Waals surface area contributed by atoms with Crippen LogP contribution in [0.3, 0.4) is 0 Å². The molecule has 0 saturated heterocycles. The van der Waals surface area contributed by atoms with E-state index in [1.165, 1.54) is 7.11 Å². The number of benzene rings is 1. The van der Waals surface area contributed by atoms with Crippen LogP contribution in [0, 0.1) is 6.92 Å². The number of hydrogen-bond donors (Lipinski definition) is 2. The highest BCUT2D eigenvalue weighted by Gasteiger charge is 2.56. The van der Waals surface area contributed by atoms with Crippen molar-refractivity contribution in [2.45, 2.75) is 50.8 Å². The van der Waals surface area contributed by atoms with Crippen LogP contribution in [-0.2, 0) is 11.8 Å². The summed E-state index contributed by atoms with van der Waals surface area (Å²) in [4.78, 5) is 11.2. The summed E-state index contributed by atoms with van der Waals surface area (Å²) in [5, 5.41) is 12.0. The molecule has 0 aliphatic rings. The van der Waals surface area contributed by atoms with Crippen LogP contribution < -0.4 is 4.74 Å². The Bertz CT molecular complexity index is 1330. The maximum Gasteiger partial charge on any atom is 0.417 e. The standard InChI is InChI=1S/C27H28F3N3O2/c1-17-20-9-11-32-15-23(20)33-22(17)13-26(34,27(28,29)30)16-25(2,3)21-12-18(7-8-24(21)35-4)19-6-5-10-31-14-19/h5-12,14-15,33-34H,13,16H2,1-4H3. The summed E-state index contributed by atoms with van der Waals surface area (Å²) in [6, 6.07) is 10.8. The second-order valence-corrected chi connectivity index (χ2v) is 9.57. The molecular formula is C27H28F3N3O2. The van der Waals surface area contributed by atoms with E-state index in [0.717, 1.165) is 16.5 Å². The minimum absolute atomic E-state index is 0.333. The van der Waals surface area contributed by atoms with Gasteiger partial charge in [0.1, 0.15) is 5.75 Å². The monoisotopic (exact) mass is 483 g/mol. The molecule has 2 N–H and O–H groups in total. The number of aryl methyl sites for hydroxylation is 1. The van der Waals surface area contributed by atoms with Crippen LogP contribution in [0.1, 0.15) is 37.1 Å². The molecule has 1 aromatic carbocycles. The largest absolute Gasteiger partial charge is 0.496 e. The lowest BCUT2D eigenvalue weighted by Crippen LogP contribution is -2.51. The number of ether oxygens (including phenoxy) is 1. The highest BCUT2D eigenvalue weighted by molar-refractivity contribution is 5.83. The van der Waals surface area contributed by atoms with Crippen molar-refractivity contribution in [3.05, 3.63) is 78.0 Å². The van der Waals surface area contributed by atoms with E-state index in [2.05, 4.69) is 15.0 Å². The Kier molecular flexibility index (Phi) is 6.36. The van der Waals surface area contributed by atoms with Gasteiger partial charge in [0.05, 0.1) is 18.8 Å². The summed E-state index contributed by atoms with van der Waals surface area (Å²) >= 11 is 0. The van der Waals surface area contributed by atoms with Crippen molar-refractivity contribution >= 4 is 10.9 Å². The Morgan fingerprint density at radius 1 is 1.00 bits per heavy atom. The number of aliphatic hydroxyl groups is 1. The number of nitrogens with one attached hydrogen (secondary N) is 1. The first-order valence-corrected chi connectivity index (χ1v) is 11.2. The van der Waals surface area contributed by atoms with E-state index < -0.39 is 30.0 Å². The van der Waals surface area contributed by atoms with E-state index in [1.54, 1.807) is 63.8 Å². The first-order valence-electron chi connectivity index (χ1n) is 11.2. The maximum absolute atomic E-state index is 14.4. The van der Waals surface area contributed by atoms with Crippen molar-refractivity contribution in [1.29, 1.82) is 0 Å². The van der Waals surface area contributed by atoms with E-state index in [1.807, 2.05) is 18.2 Å². The van der Waals surface area contributed by atoms with Gasteiger partial charge in [-0.3, -0.25) is 9.97 Å². The van der Waals surface area contributed by atoms with Crippen LogP contribution in [0.4, 0.5) is 13.2 Å². The summed E-state index contributed by atoms with van der Waals surface area (Å²) in [6.45, 7) is 5.13. The Morgan fingerprint density at radius 3 is 2.37 bits per heavy atom. The first-order chi connectivity index (χ1) is 16.4. The summed E-state index contributed by atoms with van der Waals surface area (Å²) in [5.74, 6) is 0.458. The SMILES string of the molecule is COc1ccc(-c2cccnc2)cc1C(C)(C)CC(O)(Cc1[nH]c2cnccc2c1C)C(F)(F)F. The van der Waals surface area contributed by atoms with Crippen LogP contribution in [-0.4, -0.2) is 38.9 Å². The van der Waals surface area contributed by atoms with Crippen LogP contribution in [0.25, 0.3) is 22.0 Å². The third-order valence-corrected chi connectivity index (χ3v) is 6.62. The van der Waals surface area contributed by atoms with E-state index in [-0.39, 0.29) is 0 Å². The zero-order valence-corrected chi connectivity index (χ0v) is 20.1. The highest BCUT2D eigenvalue weighted by atomic mass is 19.4. The van der Waals surface area contributed by atoms with Gasteiger partial charge >= 0.3 is 6.18 Å². The summed E-state index contributed by atoms with van der Waals surface area (Å²) in [5.41, 5.74) is -0.229. The van der Waals surface area contributed by atoms with Gasteiger partial charge in [0.25, 0.3) is 0 Å². The molecule has 35 heavy (non-hydrogen) atoms. The summed E-state index contributed by atoms with van der Waals surface area (Å²) in [6.07, 6.45) is 0.473. The van der Waals surface area contributed by atoms with E-state index in [9.17, 15) is 18.3 Å². The highest BCUT2D eigenvalue weighted by Crippen LogP contribution is 2.46. The number of fused-ring (bicyclic) bond motifs is 1. The third kappa shape index (κ3) is 4.75. The maximum atomic E-state index is 14.4. The number of hydrogen-bond acceptors (Lipinski definition) is 4. The fourth-order valence-electron chi connectivity index (χ4n) is 4.75. The number of alkyl halides is 3.